The minimum atomic E-state index is -2.32. The molecule has 9 heteroatoms. The molecule has 0 amide bonds. The smallest absolute Gasteiger partial charge is 0.349 e. The van der Waals surface area contributed by atoms with Gasteiger partial charge in [-0.05, 0) is 23.8 Å². The Morgan fingerprint density at radius 3 is 2.00 bits per heavy atom. The molecule has 2 aromatic rings. The molecule has 4 nitrogen and oxygen atoms in total. The van der Waals surface area contributed by atoms with Crippen LogP contribution in [0.4, 0.5) is 22.0 Å². The van der Waals surface area contributed by atoms with E-state index in [2.05, 4.69) is 4.74 Å². The van der Waals surface area contributed by atoms with Gasteiger partial charge in [-0.2, -0.15) is 5.26 Å². The van der Waals surface area contributed by atoms with E-state index < -0.39 is 52.8 Å². The highest BCUT2D eigenvalue weighted by Crippen LogP contribution is 2.24. The first-order valence-corrected chi connectivity index (χ1v) is 7.23. The van der Waals surface area contributed by atoms with Crippen molar-refractivity contribution in [2.45, 2.75) is 6.61 Å². The number of benzene rings is 2. The van der Waals surface area contributed by atoms with Gasteiger partial charge in [0.25, 0.3) is 0 Å². The second-order valence-corrected chi connectivity index (χ2v) is 5.07. The summed E-state index contributed by atoms with van der Waals surface area (Å²) in [6, 6.07) is 7.69. The molecule has 0 aliphatic rings. The van der Waals surface area contributed by atoms with E-state index in [-0.39, 0.29) is 0 Å². The zero-order chi connectivity index (χ0) is 20.1. The summed E-state index contributed by atoms with van der Waals surface area (Å²) >= 11 is 0. The van der Waals surface area contributed by atoms with Crippen LogP contribution >= 0.6 is 0 Å². The highest BCUT2D eigenvalue weighted by atomic mass is 19.2. The molecule has 0 N–H and O–H groups in total. The number of nitriles is 1. The van der Waals surface area contributed by atoms with Crippen LogP contribution in [0, 0.1) is 40.4 Å². The quantitative estimate of drug-likeness (QED) is 0.195. The van der Waals surface area contributed by atoms with E-state index in [1.807, 2.05) is 0 Å². The molecule has 0 aliphatic carbocycles. The molecule has 0 radical (unpaired) electrons. The Bertz CT molecular complexity index is 920. The van der Waals surface area contributed by atoms with Crippen LogP contribution in [0.5, 0.6) is 5.75 Å². The van der Waals surface area contributed by atoms with Crippen molar-refractivity contribution in [1.29, 1.82) is 5.26 Å². The molecular weight excluding hydrogens is 373 g/mol. The monoisotopic (exact) mass is 383 g/mol. The first kappa shape index (κ1) is 19.9. The molecule has 0 aromatic heterocycles. The van der Waals surface area contributed by atoms with Gasteiger partial charge >= 0.3 is 5.97 Å². The van der Waals surface area contributed by atoms with E-state index in [0.717, 1.165) is 6.08 Å². The van der Waals surface area contributed by atoms with Gasteiger partial charge in [-0.15, -0.1) is 0 Å². The standard InChI is InChI=1S/C18H10F5NO3/c1-26-11-4-2-9(3-5-11)6-10(7-24)18(25)27-8-12-13(19)15(21)17(23)16(22)14(12)20/h2-6H,8H2,1H3/b10-6+. The zero-order valence-electron chi connectivity index (χ0n) is 13.7. The van der Waals surface area contributed by atoms with Crippen LogP contribution in [0.25, 0.3) is 6.08 Å². The Balaban J connectivity index is 2.21. The van der Waals surface area contributed by atoms with Crippen molar-refractivity contribution in [3.8, 4) is 11.8 Å². The SMILES string of the molecule is COc1ccc(/C=C(\C#N)C(=O)OCc2c(F)c(F)c(F)c(F)c2F)cc1. The van der Waals surface area contributed by atoms with Gasteiger partial charge in [-0.1, -0.05) is 12.1 Å². The first-order valence-electron chi connectivity index (χ1n) is 7.23. The summed E-state index contributed by atoms with van der Waals surface area (Å²) in [5.41, 5.74) is -1.44. The molecule has 0 unspecified atom stereocenters. The lowest BCUT2D eigenvalue weighted by Crippen LogP contribution is -2.12. The highest BCUT2D eigenvalue weighted by Gasteiger charge is 2.26. The molecule has 0 aliphatic heterocycles. The van der Waals surface area contributed by atoms with E-state index >= 15 is 0 Å². The molecule has 0 atom stereocenters. The van der Waals surface area contributed by atoms with Crippen molar-refractivity contribution < 1.29 is 36.2 Å². The number of nitrogens with zero attached hydrogens (tertiary/aromatic N) is 1. The van der Waals surface area contributed by atoms with Crippen molar-refractivity contribution in [3.05, 3.63) is 70.1 Å². The third-order valence-electron chi connectivity index (χ3n) is 3.42. The van der Waals surface area contributed by atoms with E-state index in [9.17, 15) is 26.7 Å². The van der Waals surface area contributed by atoms with Gasteiger partial charge in [-0.25, -0.2) is 26.7 Å². The average molecular weight is 383 g/mol. The fourth-order valence-corrected chi connectivity index (χ4v) is 2.00. The third-order valence-corrected chi connectivity index (χ3v) is 3.42. The van der Waals surface area contributed by atoms with Gasteiger partial charge < -0.3 is 9.47 Å². The lowest BCUT2D eigenvalue weighted by atomic mass is 10.1. The normalized spacial score (nSPS) is 11.1. The summed E-state index contributed by atoms with van der Waals surface area (Å²) in [7, 11) is 1.45. The van der Waals surface area contributed by atoms with Crippen LogP contribution in [0.3, 0.4) is 0 Å². The number of rotatable bonds is 5. The van der Waals surface area contributed by atoms with Gasteiger partial charge in [0.1, 0.15) is 24.0 Å². The molecular formula is C18H10F5NO3. The Kier molecular flexibility index (Phi) is 6.13. The van der Waals surface area contributed by atoms with Gasteiger partial charge in [0.15, 0.2) is 23.3 Å². The summed E-state index contributed by atoms with van der Waals surface area (Å²) in [5.74, 6) is -11.6. The fraction of sp³-hybridized carbons (Fsp3) is 0.111. The van der Waals surface area contributed by atoms with Crippen molar-refractivity contribution in [2.24, 2.45) is 0 Å². The number of esters is 1. The number of carbonyl (C=O) groups is 1. The van der Waals surface area contributed by atoms with E-state index in [0.29, 0.717) is 11.3 Å². The maximum absolute atomic E-state index is 13.6. The predicted molar refractivity (Wildman–Crippen MR) is 82.6 cm³/mol. The molecule has 0 saturated carbocycles. The molecule has 140 valence electrons. The molecule has 27 heavy (non-hydrogen) atoms. The third kappa shape index (κ3) is 4.23. The Morgan fingerprint density at radius 1 is 1.00 bits per heavy atom. The Morgan fingerprint density at radius 2 is 1.52 bits per heavy atom. The molecule has 0 spiro atoms. The van der Waals surface area contributed by atoms with Crippen LogP contribution in [0.2, 0.25) is 0 Å². The number of hydrogen-bond acceptors (Lipinski definition) is 4. The van der Waals surface area contributed by atoms with Gasteiger partial charge in [0.05, 0.1) is 12.7 Å². The second-order valence-electron chi connectivity index (χ2n) is 5.07. The van der Waals surface area contributed by atoms with Crippen molar-refractivity contribution in [2.75, 3.05) is 7.11 Å². The average Bonchev–Trinajstić information content (AvgIpc) is 2.69. The molecule has 2 rings (SSSR count). The number of methoxy groups -OCH3 is 1. The highest BCUT2D eigenvalue weighted by molar-refractivity contribution is 5.97. The van der Waals surface area contributed by atoms with E-state index in [1.165, 1.54) is 25.3 Å². The lowest BCUT2D eigenvalue weighted by Gasteiger charge is -2.09. The van der Waals surface area contributed by atoms with Crippen molar-refractivity contribution in [3.63, 3.8) is 0 Å². The summed E-state index contributed by atoms with van der Waals surface area (Å²) in [6.07, 6.45) is 1.13. The summed E-state index contributed by atoms with van der Waals surface area (Å²) in [4.78, 5) is 11.9. The Labute approximate surface area is 150 Å². The van der Waals surface area contributed by atoms with Crippen LogP contribution in [0.1, 0.15) is 11.1 Å². The summed E-state index contributed by atoms with van der Waals surface area (Å²) in [5, 5.41) is 9.03. The van der Waals surface area contributed by atoms with Crippen molar-refractivity contribution >= 4 is 12.0 Å². The molecule has 0 saturated heterocycles. The maximum Gasteiger partial charge on any atom is 0.349 e. The van der Waals surface area contributed by atoms with Crippen LogP contribution in [0.15, 0.2) is 29.8 Å². The zero-order valence-corrected chi connectivity index (χ0v) is 13.7. The van der Waals surface area contributed by atoms with Crippen LogP contribution in [-0.4, -0.2) is 13.1 Å². The predicted octanol–water partition coefficient (Wildman–Crippen LogP) is 4.04. The number of hydrogen-bond donors (Lipinski definition) is 0. The molecule has 2 aromatic carbocycles. The second kappa shape index (κ2) is 8.31. The van der Waals surface area contributed by atoms with Crippen molar-refractivity contribution in [1.82, 2.24) is 0 Å². The van der Waals surface area contributed by atoms with Gasteiger partial charge in [0.2, 0.25) is 5.82 Å². The lowest BCUT2D eigenvalue weighted by molar-refractivity contribution is -0.139. The number of halogens is 5. The summed E-state index contributed by atoms with van der Waals surface area (Å²) < 4.78 is 75.8. The minimum absolute atomic E-state index is 0.417. The first-order chi connectivity index (χ1) is 12.8. The molecule has 0 heterocycles. The topological polar surface area (TPSA) is 59.3 Å². The molecule has 0 fully saturated rings. The van der Waals surface area contributed by atoms with Gasteiger partial charge in [-0.3, -0.25) is 0 Å². The van der Waals surface area contributed by atoms with Crippen LogP contribution < -0.4 is 4.74 Å². The van der Waals surface area contributed by atoms with E-state index in [1.54, 1.807) is 12.1 Å². The van der Waals surface area contributed by atoms with Gasteiger partial charge in [0, 0.05) is 0 Å². The number of ether oxygens (including phenoxy) is 2. The minimum Gasteiger partial charge on any atom is -0.497 e. The van der Waals surface area contributed by atoms with E-state index in [4.69, 9.17) is 10.00 Å². The fourth-order valence-electron chi connectivity index (χ4n) is 2.00. The number of carbonyl (C=O) groups excluding carboxylic acids is 1. The summed E-state index contributed by atoms with van der Waals surface area (Å²) in [6.45, 7) is -1.24. The largest absolute Gasteiger partial charge is 0.497 e. The maximum atomic E-state index is 13.6. The molecule has 0 bridgehead atoms. The van der Waals surface area contributed by atoms with Crippen LogP contribution in [-0.2, 0) is 16.1 Å². The Hall–Kier alpha value is -3.41.